The summed E-state index contributed by atoms with van der Waals surface area (Å²) < 4.78 is 5.58. The second kappa shape index (κ2) is 10.7. The maximum absolute atomic E-state index is 12.5. The highest BCUT2D eigenvalue weighted by Gasteiger charge is 2.34. The number of carbonyl (C=O) groups is 1. The van der Waals surface area contributed by atoms with Crippen LogP contribution in [0.4, 0.5) is 0 Å². The Morgan fingerprint density at radius 3 is 2.06 bits per heavy atom. The van der Waals surface area contributed by atoms with E-state index in [1.807, 2.05) is 0 Å². The summed E-state index contributed by atoms with van der Waals surface area (Å²) in [7, 11) is 0. The number of hydrogen-bond acceptors (Lipinski definition) is 2. The molecule has 2 fully saturated rings. The summed E-state index contributed by atoms with van der Waals surface area (Å²) in [5.41, 5.74) is 1.48. The summed E-state index contributed by atoms with van der Waals surface area (Å²) in [4.78, 5) is 12.5. The van der Waals surface area contributed by atoms with Crippen molar-refractivity contribution in [1.29, 1.82) is 0 Å². The standard InChI is InChI=1S/C28H35ClO2/c1-20(22-5-3-2-4-6-22)19-21-7-9-23(10-8-21)24-11-13-25(14-12-24)28(30)31-27-17-15-26(29)16-18-27/h2-6,15-18,20-21,23-25H,7-14,19H2,1H3. The van der Waals surface area contributed by atoms with Crippen molar-refractivity contribution in [3.63, 3.8) is 0 Å². The molecule has 0 N–H and O–H groups in total. The Labute approximate surface area is 192 Å². The third-order valence-corrected chi connectivity index (χ3v) is 8.00. The summed E-state index contributed by atoms with van der Waals surface area (Å²) in [6.07, 6.45) is 11.1. The largest absolute Gasteiger partial charge is 0.426 e. The van der Waals surface area contributed by atoms with Gasteiger partial charge in [-0.2, -0.15) is 0 Å². The number of halogens is 1. The Morgan fingerprint density at radius 2 is 1.45 bits per heavy atom. The van der Waals surface area contributed by atoms with Gasteiger partial charge in [0, 0.05) is 5.02 Å². The fraction of sp³-hybridized carbons (Fsp3) is 0.536. The average Bonchev–Trinajstić information content (AvgIpc) is 2.82. The Morgan fingerprint density at radius 1 is 0.871 bits per heavy atom. The first-order valence-electron chi connectivity index (χ1n) is 12.1. The highest BCUT2D eigenvalue weighted by molar-refractivity contribution is 6.30. The number of ether oxygens (including phenoxy) is 1. The van der Waals surface area contributed by atoms with Gasteiger partial charge in [-0.3, -0.25) is 4.79 Å². The predicted octanol–water partition coefficient (Wildman–Crippen LogP) is 8.05. The summed E-state index contributed by atoms with van der Waals surface area (Å²) in [6.45, 7) is 2.38. The highest BCUT2D eigenvalue weighted by atomic mass is 35.5. The van der Waals surface area contributed by atoms with Crippen LogP contribution in [0.5, 0.6) is 5.75 Å². The lowest BCUT2D eigenvalue weighted by Crippen LogP contribution is -2.30. The van der Waals surface area contributed by atoms with Gasteiger partial charge >= 0.3 is 5.97 Å². The van der Waals surface area contributed by atoms with Crippen LogP contribution in [0.1, 0.15) is 76.2 Å². The minimum absolute atomic E-state index is 0.0509. The minimum atomic E-state index is -0.0700. The summed E-state index contributed by atoms with van der Waals surface area (Å²) in [5.74, 6) is 3.76. The monoisotopic (exact) mass is 438 g/mol. The SMILES string of the molecule is CC(CC1CCC(C2CCC(C(=O)Oc3ccc(Cl)cc3)CC2)CC1)c1ccccc1. The van der Waals surface area contributed by atoms with Crippen molar-refractivity contribution in [2.45, 2.75) is 70.6 Å². The molecule has 0 saturated heterocycles. The molecule has 2 aromatic carbocycles. The average molecular weight is 439 g/mol. The molecule has 2 aliphatic rings. The van der Waals surface area contributed by atoms with Crippen molar-refractivity contribution in [2.24, 2.45) is 23.7 Å². The first kappa shape index (κ1) is 22.4. The first-order valence-corrected chi connectivity index (χ1v) is 12.5. The van der Waals surface area contributed by atoms with Crippen molar-refractivity contribution in [3.8, 4) is 5.75 Å². The van der Waals surface area contributed by atoms with E-state index in [0.29, 0.717) is 16.7 Å². The summed E-state index contributed by atoms with van der Waals surface area (Å²) in [5, 5.41) is 0.657. The van der Waals surface area contributed by atoms with Gasteiger partial charge in [-0.1, -0.05) is 61.7 Å². The first-order chi connectivity index (χ1) is 15.1. The van der Waals surface area contributed by atoms with Gasteiger partial charge in [0.25, 0.3) is 0 Å². The highest BCUT2D eigenvalue weighted by Crippen LogP contribution is 2.43. The molecule has 1 atom stereocenters. The lowest BCUT2D eigenvalue weighted by molar-refractivity contribution is -0.140. The van der Waals surface area contributed by atoms with Gasteiger partial charge in [0.2, 0.25) is 0 Å². The quantitative estimate of drug-likeness (QED) is 0.336. The minimum Gasteiger partial charge on any atom is -0.426 e. The van der Waals surface area contributed by atoms with Crippen LogP contribution in [0.3, 0.4) is 0 Å². The molecule has 2 aromatic rings. The van der Waals surface area contributed by atoms with Crippen LogP contribution in [0.25, 0.3) is 0 Å². The molecule has 166 valence electrons. The molecule has 31 heavy (non-hydrogen) atoms. The van der Waals surface area contributed by atoms with Gasteiger partial charge in [-0.15, -0.1) is 0 Å². The summed E-state index contributed by atoms with van der Waals surface area (Å²) in [6, 6.07) is 18.0. The van der Waals surface area contributed by atoms with Crippen molar-refractivity contribution in [1.82, 2.24) is 0 Å². The Bertz CT molecular complexity index is 816. The fourth-order valence-electron chi connectivity index (χ4n) is 5.84. The third-order valence-electron chi connectivity index (χ3n) is 7.75. The normalized spacial score (nSPS) is 27.4. The van der Waals surface area contributed by atoms with E-state index in [-0.39, 0.29) is 11.9 Å². The van der Waals surface area contributed by atoms with E-state index in [1.54, 1.807) is 24.3 Å². The number of rotatable bonds is 6. The smallest absolute Gasteiger partial charge is 0.314 e. The van der Waals surface area contributed by atoms with Gasteiger partial charge in [0.1, 0.15) is 5.75 Å². The van der Waals surface area contributed by atoms with E-state index < -0.39 is 0 Å². The van der Waals surface area contributed by atoms with E-state index in [9.17, 15) is 4.79 Å². The van der Waals surface area contributed by atoms with Crippen LogP contribution in [0.2, 0.25) is 5.02 Å². The zero-order chi connectivity index (χ0) is 21.6. The Balaban J connectivity index is 1.18. The predicted molar refractivity (Wildman–Crippen MR) is 127 cm³/mol. The van der Waals surface area contributed by atoms with Crippen LogP contribution >= 0.6 is 11.6 Å². The molecule has 0 radical (unpaired) electrons. The number of esters is 1. The van der Waals surface area contributed by atoms with Gasteiger partial charge in [-0.25, -0.2) is 0 Å². The zero-order valence-corrected chi connectivity index (χ0v) is 19.4. The molecule has 0 bridgehead atoms. The molecule has 2 saturated carbocycles. The molecule has 0 heterocycles. The van der Waals surface area contributed by atoms with Crippen molar-refractivity contribution in [3.05, 3.63) is 65.2 Å². The van der Waals surface area contributed by atoms with Gasteiger partial charge in [-0.05, 0) is 98.4 Å². The molecular formula is C28H35ClO2. The van der Waals surface area contributed by atoms with Gasteiger partial charge in [0.15, 0.2) is 0 Å². The molecule has 0 amide bonds. The van der Waals surface area contributed by atoms with E-state index >= 15 is 0 Å². The van der Waals surface area contributed by atoms with E-state index in [1.165, 1.54) is 50.5 Å². The maximum Gasteiger partial charge on any atom is 0.314 e. The lowest BCUT2D eigenvalue weighted by Gasteiger charge is -2.38. The second-order valence-corrected chi connectivity index (χ2v) is 10.3. The van der Waals surface area contributed by atoms with Crippen LogP contribution in [-0.4, -0.2) is 5.97 Å². The fourth-order valence-corrected chi connectivity index (χ4v) is 5.97. The van der Waals surface area contributed by atoms with Crippen LogP contribution < -0.4 is 4.74 Å². The molecule has 4 rings (SSSR count). The number of benzene rings is 2. The number of carbonyl (C=O) groups excluding carboxylic acids is 1. The van der Waals surface area contributed by atoms with Crippen LogP contribution in [0.15, 0.2) is 54.6 Å². The molecule has 0 spiro atoms. The van der Waals surface area contributed by atoms with Crippen LogP contribution in [0, 0.1) is 23.7 Å². The molecule has 3 heteroatoms. The van der Waals surface area contributed by atoms with Crippen molar-refractivity contribution in [2.75, 3.05) is 0 Å². The lowest BCUT2D eigenvalue weighted by atomic mass is 9.68. The molecule has 2 aliphatic carbocycles. The molecule has 0 aromatic heterocycles. The number of hydrogen-bond donors (Lipinski definition) is 0. The van der Waals surface area contributed by atoms with E-state index in [2.05, 4.69) is 37.3 Å². The van der Waals surface area contributed by atoms with Gasteiger partial charge in [0.05, 0.1) is 5.92 Å². The molecule has 1 unspecified atom stereocenters. The van der Waals surface area contributed by atoms with Crippen molar-refractivity contribution >= 4 is 17.6 Å². The second-order valence-electron chi connectivity index (χ2n) is 9.81. The third kappa shape index (κ3) is 6.13. The Kier molecular flexibility index (Phi) is 7.72. The van der Waals surface area contributed by atoms with Crippen molar-refractivity contribution < 1.29 is 9.53 Å². The summed E-state index contributed by atoms with van der Waals surface area (Å²) >= 11 is 5.91. The van der Waals surface area contributed by atoms with E-state index in [0.717, 1.165) is 30.6 Å². The maximum atomic E-state index is 12.5. The Hall–Kier alpha value is -1.80. The van der Waals surface area contributed by atoms with Gasteiger partial charge < -0.3 is 4.74 Å². The zero-order valence-electron chi connectivity index (χ0n) is 18.6. The van der Waals surface area contributed by atoms with Crippen LogP contribution in [-0.2, 0) is 4.79 Å². The molecule has 0 aliphatic heterocycles. The topological polar surface area (TPSA) is 26.3 Å². The molecular weight excluding hydrogens is 404 g/mol. The van der Waals surface area contributed by atoms with E-state index in [4.69, 9.17) is 16.3 Å². The molecule has 2 nitrogen and oxygen atoms in total.